The average Bonchev–Trinajstić information content (AvgIpc) is 2.90. The molecule has 0 radical (unpaired) electrons. The van der Waals surface area contributed by atoms with Gasteiger partial charge in [-0.3, -0.25) is 0 Å². The molecular formula is C15H11BrN2O3. The molecule has 0 spiro atoms. The zero-order chi connectivity index (χ0) is 14.4. The lowest BCUT2D eigenvalue weighted by Gasteiger charge is -2.19. The number of nitrogen functional groups attached to an aromatic ring is 1. The van der Waals surface area contributed by atoms with Crippen LogP contribution in [0.2, 0.25) is 0 Å². The molecule has 21 heavy (non-hydrogen) atoms. The SMILES string of the molecule is Nc1cc(Br)cc2nc(-c3cccc4c3OCCO4)oc12. The number of hydrogen-bond acceptors (Lipinski definition) is 5. The van der Waals surface area contributed by atoms with Gasteiger partial charge in [0.2, 0.25) is 5.89 Å². The third-order valence-electron chi connectivity index (χ3n) is 3.28. The quantitative estimate of drug-likeness (QED) is 0.681. The van der Waals surface area contributed by atoms with E-state index in [1.165, 1.54) is 0 Å². The molecule has 1 aliphatic heterocycles. The summed E-state index contributed by atoms with van der Waals surface area (Å²) in [7, 11) is 0. The number of halogens is 1. The van der Waals surface area contributed by atoms with Crippen LogP contribution in [0.3, 0.4) is 0 Å². The summed E-state index contributed by atoms with van der Waals surface area (Å²) in [6.07, 6.45) is 0. The van der Waals surface area contributed by atoms with Gasteiger partial charge in [-0.15, -0.1) is 0 Å². The number of fused-ring (bicyclic) bond motifs is 2. The van der Waals surface area contributed by atoms with Gasteiger partial charge < -0.3 is 19.6 Å². The van der Waals surface area contributed by atoms with Crippen molar-refractivity contribution in [1.82, 2.24) is 4.98 Å². The highest BCUT2D eigenvalue weighted by Crippen LogP contribution is 2.41. The van der Waals surface area contributed by atoms with Crippen molar-refractivity contribution in [3.8, 4) is 23.0 Å². The van der Waals surface area contributed by atoms with Gasteiger partial charge in [-0.1, -0.05) is 22.0 Å². The first-order chi connectivity index (χ1) is 10.2. The van der Waals surface area contributed by atoms with E-state index in [4.69, 9.17) is 19.6 Å². The minimum Gasteiger partial charge on any atom is -0.486 e. The number of benzene rings is 2. The zero-order valence-electron chi connectivity index (χ0n) is 10.9. The summed E-state index contributed by atoms with van der Waals surface area (Å²) in [5.41, 5.74) is 8.54. The summed E-state index contributed by atoms with van der Waals surface area (Å²) < 4.78 is 17.9. The van der Waals surface area contributed by atoms with Crippen molar-refractivity contribution in [2.75, 3.05) is 18.9 Å². The van der Waals surface area contributed by atoms with Gasteiger partial charge in [0, 0.05) is 4.47 Å². The molecule has 3 aromatic rings. The Morgan fingerprint density at radius 2 is 2.00 bits per heavy atom. The summed E-state index contributed by atoms with van der Waals surface area (Å²) in [6, 6.07) is 9.30. The molecule has 1 aromatic heterocycles. The van der Waals surface area contributed by atoms with E-state index in [0.717, 1.165) is 10.0 Å². The minimum atomic E-state index is 0.470. The van der Waals surface area contributed by atoms with E-state index < -0.39 is 0 Å². The fourth-order valence-corrected chi connectivity index (χ4v) is 2.84. The van der Waals surface area contributed by atoms with Crippen molar-refractivity contribution in [2.45, 2.75) is 0 Å². The van der Waals surface area contributed by atoms with Crippen molar-refractivity contribution in [3.63, 3.8) is 0 Å². The third kappa shape index (κ3) is 2.03. The molecule has 0 amide bonds. The van der Waals surface area contributed by atoms with Crippen LogP contribution in [0.15, 0.2) is 39.2 Å². The van der Waals surface area contributed by atoms with Crippen LogP contribution in [0, 0.1) is 0 Å². The zero-order valence-corrected chi connectivity index (χ0v) is 12.5. The van der Waals surface area contributed by atoms with E-state index in [-0.39, 0.29) is 0 Å². The van der Waals surface area contributed by atoms with E-state index >= 15 is 0 Å². The topological polar surface area (TPSA) is 70.5 Å². The van der Waals surface area contributed by atoms with Gasteiger partial charge in [-0.25, -0.2) is 4.98 Å². The number of rotatable bonds is 1. The van der Waals surface area contributed by atoms with Crippen molar-refractivity contribution in [2.24, 2.45) is 0 Å². The third-order valence-corrected chi connectivity index (χ3v) is 3.74. The Hall–Kier alpha value is -2.21. The van der Waals surface area contributed by atoms with E-state index in [0.29, 0.717) is 47.4 Å². The number of nitrogens with zero attached hydrogens (tertiary/aromatic N) is 1. The van der Waals surface area contributed by atoms with Crippen LogP contribution in [0.25, 0.3) is 22.6 Å². The second-order valence-electron chi connectivity index (χ2n) is 4.69. The molecule has 2 N–H and O–H groups in total. The number of aromatic nitrogens is 1. The summed E-state index contributed by atoms with van der Waals surface area (Å²) in [5, 5.41) is 0. The second-order valence-corrected chi connectivity index (χ2v) is 5.61. The fraction of sp³-hybridized carbons (Fsp3) is 0.133. The lowest BCUT2D eigenvalue weighted by Crippen LogP contribution is -2.15. The largest absolute Gasteiger partial charge is 0.486 e. The Morgan fingerprint density at radius 3 is 2.90 bits per heavy atom. The molecule has 2 heterocycles. The smallest absolute Gasteiger partial charge is 0.231 e. The van der Waals surface area contributed by atoms with Crippen LogP contribution in [0.1, 0.15) is 0 Å². The number of para-hydroxylation sites is 1. The van der Waals surface area contributed by atoms with Gasteiger partial charge in [0.15, 0.2) is 17.1 Å². The Labute approximate surface area is 128 Å². The van der Waals surface area contributed by atoms with E-state index in [1.807, 2.05) is 24.3 Å². The molecule has 0 aliphatic carbocycles. The Bertz CT molecular complexity index is 844. The standard InChI is InChI=1S/C15H11BrN2O3/c16-8-6-10(17)14-11(7-8)18-15(21-14)9-2-1-3-12-13(9)20-5-4-19-12/h1-3,6-7H,4-5,17H2. The second kappa shape index (κ2) is 4.66. The predicted octanol–water partition coefficient (Wildman–Crippen LogP) is 3.61. The molecule has 4 rings (SSSR count). The molecule has 0 saturated heterocycles. The molecule has 0 bridgehead atoms. The molecule has 106 valence electrons. The predicted molar refractivity (Wildman–Crippen MR) is 82.5 cm³/mol. The monoisotopic (exact) mass is 346 g/mol. The molecule has 0 fully saturated rings. The number of hydrogen-bond donors (Lipinski definition) is 1. The molecule has 6 heteroatoms. The number of nitrogens with two attached hydrogens (primary N) is 1. The van der Waals surface area contributed by atoms with Gasteiger partial charge in [-0.05, 0) is 24.3 Å². The van der Waals surface area contributed by atoms with Crippen molar-refractivity contribution >= 4 is 32.7 Å². The molecule has 0 unspecified atom stereocenters. The van der Waals surface area contributed by atoms with Crippen molar-refractivity contribution in [3.05, 3.63) is 34.8 Å². The van der Waals surface area contributed by atoms with Gasteiger partial charge in [0.25, 0.3) is 0 Å². The van der Waals surface area contributed by atoms with Crippen LogP contribution >= 0.6 is 15.9 Å². The van der Waals surface area contributed by atoms with Crippen LogP contribution < -0.4 is 15.2 Å². The Balaban J connectivity index is 1.93. The normalized spacial score (nSPS) is 13.6. The summed E-state index contributed by atoms with van der Waals surface area (Å²) in [5.74, 6) is 1.83. The van der Waals surface area contributed by atoms with Crippen molar-refractivity contribution < 1.29 is 13.9 Å². The molecule has 1 aliphatic rings. The highest BCUT2D eigenvalue weighted by atomic mass is 79.9. The lowest BCUT2D eigenvalue weighted by atomic mass is 10.1. The first-order valence-electron chi connectivity index (χ1n) is 6.47. The maximum atomic E-state index is 5.97. The van der Waals surface area contributed by atoms with Crippen LogP contribution in [-0.4, -0.2) is 18.2 Å². The summed E-state index contributed by atoms with van der Waals surface area (Å²) in [4.78, 5) is 4.50. The highest BCUT2D eigenvalue weighted by Gasteiger charge is 2.21. The summed E-state index contributed by atoms with van der Waals surface area (Å²) in [6.45, 7) is 1.06. The molecule has 0 atom stereocenters. The molecule has 5 nitrogen and oxygen atoms in total. The van der Waals surface area contributed by atoms with Crippen LogP contribution in [0.4, 0.5) is 5.69 Å². The number of oxazole rings is 1. The van der Waals surface area contributed by atoms with E-state index in [9.17, 15) is 0 Å². The number of anilines is 1. The van der Waals surface area contributed by atoms with E-state index in [1.54, 1.807) is 6.07 Å². The van der Waals surface area contributed by atoms with Gasteiger partial charge >= 0.3 is 0 Å². The molecular weight excluding hydrogens is 336 g/mol. The minimum absolute atomic E-state index is 0.470. The van der Waals surface area contributed by atoms with E-state index in [2.05, 4.69) is 20.9 Å². The van der Waals surface area contributed by atoms with Crippen LogP contribution in [0.5, 0.6) is 11.5 Å². The maximum Gasteiger partial charge on any atom is 0.231 e. The first kappa shape index (κ1) is 12.5. The lowest BCUT2D eigenvalue weighted by molar-refractivity contribution is 0.172. The van der Waals surface area contributed by atoms with Crippen LogP contribution in [-0.2, 0) is 0 Å². The molecule has 0 saturated carbocycles. The van der Waals surface area contributed by atoms with Gasteiger partial charge in [0.05, 0.1) is 11.3 Å². The fourth-order valence-electron chi connectivity index (χ4n) is 2.38. The molecule has 2 aromatic carbocycles. The first-order valence-corrected chi connectivity index (χ1v) is 7.26. The van der Waals surface area contributed by atoms with Gasteiger partial charge in [0.1, 0.15) is 18.7 Å². The van der Waals surface area contributed by atoms with Crippen molar-refractivity contribution in [1.29, 1.82) is 0 Å². The average molecular weight is 347 g/mol. The number of ether oxygens (including phenoxy) is 2. The Kier molecular flexibility index (Phi) is 2.78. The highest BCUT2D eigenvalue weighted by molar-refractivity contribution is 9.10. The maximum absolute atomic E-state index is 5.97. The Morgan fingerprint density at radius 1 is 1.14 bits per heavy atom. The summed E-state index contributed by atoms with van der Waals surface area (Å²) >= 11 is 3.40. The van der Waals surface area contributed by atoms with Gasteiger partial charge in [-0.2, -0.15) is 0 Å².